The van der Waals surface area contributed by atoms with Crippen molar-refractivity contribution in [2.24, 2.45) is 11.1 Å². The van der Waals surface area contributed by atoms with Gasteiger partial charge in [0.15, 0.2) is 5.78 Å². The Kier molecular flexibility index (Phi) is 3.48. The first-order valence-corrected chi connectivity index (χ1v) is 7.59. The Labute approximate surface area is 134 Å². The van der Waals surface area contributed by atoms with Crippen LogP contribution in [0.25, 0.3) is 0 Å². The van der Waals surface area contributed by atoms with Gasteiger partial charge in [0.2, 0.25) is 5.88 Å². The standard InChI is InChI=1S/C16H19N5O2/c1-4-21-15(19-8-20-21)12-9(7-17)14(18)23-11-6-16(2,3)5-10(22)13(11)12/h8,12H,4-6,18H2,1-3H3/t12-/m0/s1. The molecule has 0 radical (unpaired) electrons. The normalized spacial score (nSPS) is 23.4. The van der Waals surface area contributed by atoms with Crippen molar-refractivity contribution in [3.05, 3.63) is 34.9 Å². The number of nitriles is 1. The minimum atomic E-state index is -0.602. The van der Waals surface area contributed by atoms with Gasteiger partial charge in [-0.3, -0.25) is 4.79 Å². The van der Waals surface area contributed by atoms with Gasteiger partial charge in [-0.1, -0.05) is 13.8 Å². The van der Waals surface area contributed by atoms with E-state index in [1.165, 1.54) is 6.33 Å². The molecule has 1 aliphatic carbocycles. The van der Waals surface area contributed by atoms with E-state index in [-0.39, 0.29) is 22.7 Å². The van der Waals surface area contributed by atoms with E-state index in [1.54, 1.807) is 4.68 Å². The third-order valence-electron chi connectivity index (χ3n) is 4.28. The SMILES string of the molecule is CCn1ncnc1[C@H]1C(C#N)=C(N)OC2=C1C(=O)CC(C)(C)C2. The molecule has 7 nitrogen and oxygen atoms in total. The number of hydrogen-bond acceptors (Lipinski definition) is 6. The van der Waals surface area contributed by atoms with Crippen LogP contribution in [0.2, 0.25) is 0 Å². The van der Waals surface area contributed by atoms with Crippen LogP contribution in [0, 0.1) is 16.7 Å². The van der Waals surface area contributed by atoms with Crippen LogP contribution < -0.4 is 5.73 Å². The Balaban J connectivity index is 2.20. The molecule has 1 aromatic heterocycles. The molecule has 3 rings (SSSR count). The van der Waals surface area contributed by atoms with Gasteiger partial charge in [-0.2, -0.15) is 10.4 Å². The molecule has 2 N–H and O–H groups in total. The van der Waals surface area contributed by atoms with Crippen LogP contribution in [0.1, 0.15) is 45.4 Å². The van der Waals surface area contributed by atoms with Crippen molar-refractivity contribution >= 4 is 5.78 Å². The van der Waals surface area contributed by atoms with Gasteiger partial charge in [-0.25, -0.2) is 9.67 Å². The maximum Gasteiger partial charge on any atom is 0.205 e. The second-order valence-electron chi connectivity index (χ2n) is 6.64. The molecule has 0 amide bonds. The zero-order valence-electron chi connectivity index (χ0n) is 13.5. The molecule has 0 aromatic carbocycles. The van der Waals surface area contributed by atoms with Gasteiger partial charge in [0.05, 0.1) is 5.92 Å². The smallest absolute Gasteiger partial charge is 0.205 e. The molecule has 2 aliphatic rings. The number of ketones is 1. The molecule has 1 atom stereocenters. The van der Waals surface area contributed by atoms with E-state index >= 15 is 0 Å². The van der Waals surface area contributed by atoms with Gasteiger partial charge in [0.25, 0.3) is 0 Å². The van der Waals surface area contributed by atoms with E-state index in [1.807, 2.05) is 20.8 Å². The maximum absolute atomic E-state index is 12.7. The number of nitrogens with two attached hydrogens (primary N) is 1. The molecular formula is C16H19N5O2. The van der Waals surface area contributed by atoms with Crippen molar-refractivity contribution in [3.63, 3.8) is 0 Å². The number of rotatable bonds is 2. The van der Waals surface area contributed by atoms with E-state index in [2.05, 4.69) is 16.2 Å². The highest BCUT2D eigenvalue weighted by Gasteiger charge is 2.44. The number of nitrogens with zero attached hydrogens (tertiary/aromatic N) is 4. The molecule has 23 heavy (non-hydrogen) atoms. The zero-order chi connectivity index (χ0) is 16.8. The second kappa shape index (κ2) is 5.23. The third kappa shape index (κ3) is 2.40. The van der Waals surface area contributed by atoms with Gasteiger partial charge >= 0.3 is 0 Å². The van der Waals surface area contributed by atoms with E-state index < -0.39 is 5.92 Å². The lowest BCUT2D eigenvalue weighted by molar-refractivity contribution is -0.119. The van der Waals surface area contributed by atoms with Crippen molar-refractivity contribution in [3.8, 4) is 6.07 Å². The highest BCUT2D eigenvalue weighted by molar-refractivity contribution is 5.99. The molecule has 0 unspecified atom stereocenters. The Morgan fingerprint density at radius 2 is 2.26 bits per heavy atom. The molecule has 1 aromatic rings. The molecule has 0 saturated carbocycles. The Morgan fingerprint density at radius 3 is 2.91 bits per heavy atom. The lowest BCUT2D eigenvalue weighted by atomic mass is 9.71. The molecule has 120 valence electrons. The summed E-state index contributed by atoms with van der Waals surface area (Å²) in [6, 6.07) is 2.08. The lowest BCUT2D eigenvalue weighted by Crippen LogP contribution is -2.34. The zero-order valence-corrected chi connectivity index (χ0v) is 13.5. The quantitative estimate of drug-likeness (QED) is 0.891. The first kappa shape index (κ1) is 15.3. The average Bonchev–Trinajstić information content (AvgIpc) is 2.92. The number of ether oxygens (including phenoxy) is 1. The second-order valence-corrected chi connectivity index (χ2v) is 6.64. The summed E-state index contributed by atoms with van der Waals surface area (Å²) in [4.78, 5) is 17.0. The van der Waals surface area contributed by atoms with Crippen LogP contribution in [0.15, 0.2) is 29.1 Å². The topological polar surface area (TPSA) is 107 Å². The fraction of sp³-hybridized carbons (Fsp3) is 0.500. The Morgan fingerprint density at radius 1 is 1.52 bits per heavy atom. The van der Waals surface area contributed by atoms with Gasteiger partial charge < -0.3 is 10.5 Å². The molecule has 0 bridgehead atoms. The minimum Gasteiger partial charge on any atom is -0.444 e. The van der Waals surface area contributed by atoms with Gasteiger partial charge in [0, 0.05) is 25.0 Å². The van der Waals surface area contributed by atoms with E-state index in [4.69, 9.17) is 10.5 Å². The minimum absolute atomic E-state index is 0.0212. The summed E-state index contributed by atoms with van der Waals surface area (Å²) < 4.78 is 7.32. The van der Waals surface area contributed by atoms with E-state index in [0.29, 0.717) is 36.5 Å². The summed E-state index contributed by atoms with van der Waals surface area (Å²) in [5.41, 5.74) is 6.48. The van der Waals surface area contributed by atoms with Gasteiger partial charge in [0.1, 0.15) is 29.6 Å². The van der Waals surface area contributed by atoms with Crippen LogP contribution in [0.3, 0.4) is 0 Å². The first-order valence-electron chi connectivity index (χ1n) is 7.59. The van der Waals surface area contributed by atoms with Crippen LogP contribution in [-0.2, 0) is 16.1 Å². The summed E-state index contributed by atoms with van der Waals surface area (Å²) in [7, 11) is 0. The number of carbonyl (C=O) groups is 1. The molecule has 0 spiro atoms. The number of hydrogen-bond donors (Lipinski definition) is 1. The number of aromatic nitrogens is 3. The van der Waals surface area contributed by atoms with Crippen molar-refractivity contribution in [1.82, 2.24) is 14.8 Å². The highest BCUT2D eigenvalue weighted by Crippen LogP contribution is 2.47. The molecule has 1 aliphatic heterocycles. The van der Waals surface area contributed by atoms with Crippen molar-refractivity contribution < 1.29 is 9.53 Å². The number of carbonyl (C=O) groups excluding carboxylic acids is 1. The summed E-state index contributed by atoms with van der Waals surface area (Å²) in [5.74, 6) is 0.531. The summed E-state index contributed by atoms with van der Waals surface area (Å²) >= 11 is 0. The average molecular weight is 313 g/mol. The van der Waals surface area contributed by atoms with Crippen LogP contribution in [0.5, 0.6) is 0 Å². The first-order chi connectivity index (χ1) is 10.9. The lowest BCUT2D eigenvalue weighted by Gasteiger charge is -2.36. The van der Waals surface area contributed by atoms with E-state index in [9.17, 15) is 10.1 Å². The number of Topliss-reactive ketones (excluding diaryl/α,β-unsaturated/α-hetero) is 1. The summed E-state index contributed by atoms with van der Waals surface area (Å²) in [6.45, 7) is 6.55. The van der Waals surface area contributed by atoms with Crippen LogP contribution in [0.4, 0.5) is 0 Å². The predicted molar refractivity (Wildman–Crippen MR) is 81.4 cm³/mol. The Bertz CT molecular complexity index is 779. The monoisotopic (exact) mass is 313 g/mol. The summed E-state index contributed by atoms with van der Waals surface area (Å²) in [6.07, 6.45) is 2.44. The molecule has 0 saturated heterocycles. The number of aryl methyl sites for hydroxylation is 1. The molecule has 7 heteroatoms. The summed E-state index contributed by atoms with van der Waals surface area (Å²) in [5, 5.41) is 13.7. The molecule has 2 heterocycles. The Hall–Kier alpha value is -2.62. The van der Waals surface area contributed by atoms with Gasteiger partial charge in [-0.05, 0) is 12.3 Å². The van der Waals surface area contributed by atoms with Crippen molar-refractivity contribution in [1.29, 1.82) is 5.26 Å². The van der Waals surface area contributed by atoms with E-state index in [0.717, 1.165) is 0 Å². The fourth-order valence-electron chi connectivity index (χ4n) is 3.28. The largest absolute Gasteiger partial charge is 0.444 e. The van der Waals surface area contributed by atoms with Crippen LogP contribution >= 0.6 is 0 Å². The molecular weight excluding hydrogens is 294 g/mol. The van der Waals surface area contributed by atoms with Crippen LogP contribution in [-0.4, -0.2) is 20.5 Å². The van der Waals surface area contributed by atoms with Crippen molar-refractivity contribution in [2.45, 2.75) is 46.1 Å². The number of allylic oxidation sites excluding steroid dienone is 3. The molecule has 0 fully saturated rings. The fourth-order valence-corrected chi connectivity index (χ4v) is 3.28. The van der Waals surface area contributed by atoms with Gasteiger partial charge in [-0.15, -0.1) is 0 Å². The highest BCUT2D eigenvalue weighted by atomic mass is 16.5. The third-order valence-corrected chi connectivity index (χ3v) is 4.28. The predicted octanol–water partition coefficient (Wildman–Crippen LogP) is 1.75. The van der Waals surface area contributed by atoms with Crippen molar-refractivity contribution in [2.75, 3.05) is 0 Å². The maximum atomic E-state index is 12.7.